The number of nitrogens with one attached hydrogen (secondary N) is 1. The maximum absolute atomic E-state index is 12.0. The average molecular weight is 337 g/mol. The Labute approximate surface area is 148 Å². The second kappa shape index (κ2) is 7.38. The molecule has 130 valence electrons. The molecule has 1 aliphatic heterocycles. The van der Waals surface area contributed by atoms with E-state index in [0.717, 1.165) is 43.0 Å². The largest absolute Gasteiger partial charge is 0.365 e. The van der Waals surface area contributed by atoms with Gasteiger partial charge in [0.2, 0.25) is 5.91 Å². The molecule has 2 amide bonds. The third kappa shape index (κ3) is 3.65. The van der Waals surface area contributed by atoms with Gasteiger partial charge in [0.05, 0.1) is 11.4 Å². The van der Waals surface area contributed by atoms with Crippen LogP contribution in [0.25, 0.3) is 0 Å². The molecule has 1 aliphatic rings. The maximum atomic E-state index is 12.0. The number of anilines is 2. The SMILES string of the molecule is CNC(=O)c1ccc(CN2CCCN(C(C)=O)c3ccccc32)cc1. The standard InChI is InChI=1S/C20H23N3O2/c1-15(24)23-13-5-12-22(18-6-3-4-7-19(18)23)14-16-8-10-17(11-9-16)20(25)21-2/h3-4,6-11H,5,12-14H2,1-2H3,(H,21,25). The number of para-hydroxylation sites is 2. The predicted octanol–water partition coefficient (Wildman–Crippen LogP) is 2.81. The van der Waals surface area contributed by atoms with Gasteiger partial charge >= 0.3 is 0 Å². The summed E-state index contributed by atoms with van der Waals surface area (Å²) in [5, 5.41) is 2.63. The lowest BCUT2D eigenvalue weighted by Crippen LogP contribution is -2.28. The van der Waals surface area contributed by atoms with Crippen molar-refractivity contribution in [3.05, 3.63) is 59.7 Å². The summed E-state index contributed by atoms with van der Waals surface area (Å²) < 4.78 is 0. The van der Waals surface area contributed by atoms with Crippen LogP contribution in [-0.2, 0) is 11.3 Å². The van der Waals surface area contributed by atoms with Crippen molar-refractivity contribution in [2.45, 2.75) is 19.9 Å². The molecule has 2 aromatic carbocycles. The number of hydrogen-bond donors (Lipinski definition) is 1. The van der Waals surface area contributed by atoms with E-state index < -0.39 is 0 Å². The van der Waals surface area contributed by atoms with Crippen LogP contribution in [0.2, 0.25) is 0 Å². The van der Waals surface area contributed by atoms with E-state index in [4.69, 9.17) is 0 Å². The van der Waals surface area contributed by atoms with E-state index in [-0.39, 0.29) is 11.8 Å². The Morgan fingerprint density at radius 1 is 1.00 bits per heavy atom. The summed E-state index contributed by atoms with van der Waals surface area (Å²) in [7, 11) is 1.63. The molecule has 0 atom stereocenters. The third-order valence-corrected chi connectivity index (χ3v) is 4.52. The van der Waals surface area contributed by atoms with Crippen LogP contribution in [0.5, 0.6) is 0 Å². The molecule has 2 aromatic rings. The van der Waals surface area contributed by atoms with Crippen LogP contribution >= 0.6 is 0 Å². The van der Waals surface area contributed by atoms with E-state index >= 15 is 0 Å². The highest BCUT2D eigenvalue weighted by atomic mass is 16.2. The molecule has 0 fully saturated rings. The van der Waals surface area contributed by atoms with Crippen molar-refractivity contribution in [3.8, 4) is 0 Å². The molecule has 5 nitrogen and oxygen atoms in total. The third-order valence-electron chi connectivity index (χ3n) is 4.52. The quantitative estimate of drug-likeness (QED) is 0.937. The van der Waals surface area contributed by atoms with Crippen molar-refractivity contribution in [1.29, 1.82) is 0 Å². The molecule has 25 heavy (non-hydrogen) atoms. The summed E-state index contributed by atoms with van der Waals surface area (Å²) in [5.41, 5.74) is 3.84. The van der Waals surface area contributed by atoms with Gasteiger partial charge in [0.1, 0.15) is 0 Å². The Morgan fingerprint density at radius 3 is 2.32 bits per heavy atom. The van der Waals surface area contributed by atoms with Gasteiger partial charge in [-0.2, -0.15) is 0 Å². The summed E-state index contributed by atoms with van der Waals surface area (Å²) in [6.07, 6.45) is 0.921. The maximum Gasteiger partial charge on any atom is 0.251 e. The molecule has 1 heterocycles. The summed E-state index contributed by atoms with van der Waals surface area (Å²) >= 11 is 0. The molecule has 1 N–H and O–H groups in total. The Morgan fingerprint density at radius 2 is 1.68 bits per heavy atom. The summed E-state index contributed by atoms with van der Waals surface area (Å²) in [6.45, 7) is 3.98. The van der Waals surface area contributed by atoms with Gasteiger partial charge in [0.25, 0.3) is 5.91 Å². The molecule has 0 radical (unpaired) electrons. The fourth-order valence-corrected chi connectivity index (χ4v) is 3.24. The van der Waals surface area contributed by atoms with Gasteiger partial charge in [-0.1, -0.05) is 24.3 Å². The van der Waals surface area contributed by atoms with Crippen LogP contribution in [0.1, 0.15) is 29.3 Å². The summed E-state index contributed by atoms with van der Waals surface area (Å²) in [4.78, 5) is 27.8. The second-order valence-electron chi connectivity index (χ2n) is 6.21. The molecular weight excluding hydrogens is 314 g/mol. The predicted molar refractivity (Wildman–Crippen MR) is 100.0 cm³/mol. The van der Waals surface area contributed by atoms with Gasteiger partial charge in [0.15, 0.2) is 0 Å². The van der Waals surface area contributed by atoms with Gasteiger partial charge in [-0.15, -0.1) is 0 Å². The number of carbonyl (C=O) groups excluding carboxylic acids is 2. The molecule has 0 spiro atoms. The van der Waals surface area contributed by atoms with Crippen molar-refractivity contribution >= 4 is 23.2 Å². The Bertz CT molecular complexity index is 771. The molecule has 0 saturated carbocycles. The lowest BCUT2D eigenvalue weighted by molar-refractivity contribution is -0.116. The number of rotatable bonds is 3. The molecule has 0 unspecified atom stereocenters. The number of fused-ring (bicyclic) bond motifs is 1. The first-order valence-electron chi connectivity index (χ1n) is 8.53. The minimum absolute atomic E-state index is 0.0734. The second-order valence-corrected chi connectivity index (χ2v) is 6.21. The Hall–Kier alpha value is -2.82. The molecule has 0 saturated heterocycles. The smallest absolute Gasteiger partial charge is 0.251 e. The normalized spacial score (nSPS) is 13.8. The van der Waals surface area contributed by atoms with Crippen molar-refractivity contribution < 1.29 is 9.59 Å². The van der Waals surface area contributed by atoms with Crippen molar-refractivity contribution in [2.24, 2.45) is 0 Å². The Kier molecular flexibility index (Phi) is 5.03. The van der Waals surface area contributed by atoms with Crippen LogP contribution in [0.4, 0.5) is 11.4 Å². The van der Waals surface area contributed by atoms with E-state index in [1.54, 1.807) is 14.0 Å². The highest BCUT2D eigenvalue weighted by molar-refractivity contribution is 5.96. The van der Waals surface area contributed by atoms with Crippen LogP contribution in [0.3, 0.4) is 0 Å². The first-order valence-corrected chi connectivity index (χ1v) is 8.53. The van der Waals surface area contributed by atoms with Crippen LogP contribution in [0, 0.1) is 0 Å². The monoisotopic (exact) mass is 337 g/mol. The summed E-state index contributed by atoms with van der Waals surface area (Å²) in [6, 6.07) is 15.7. The Balaban J connectivity index is 1.85. The molecule has 5 heteroatoms. The first-order chi connectivity index (χ1) is 12.1. The zero-order chi connectivity index (χ0) is 17.8. The van der Waals surface area contributed by atoms with Crippen LogP contribution in [0.15, 0.2) is 48.5 Å². The number of benzene rings is 2. The van der Waals surface area contributed by atoms with Gasteiger partial charge < -0.3 is 15.1 Å². The zero-order valence-corrected chi connectivity index (χ0v) is 14.7. The molecule has 0 aromatic heterocycles. The lowest BCUT2D eigenvalue weighted by Gasteiger charge is -2.26. The number of hydrogen-bond acceptors (Lipinski definition) is 3. The minimum Gasteiger partial charge on any atom is -0.365 e. The summed E-state index contributed by atoms with van der Waals surface area (Å²) in [5.74, 6) is -0.00648. The van der Waals surface area contributed by atoms with E-state index in [9.17, 15) is 9.59 Å². The number of amides is 2. The fourth-order valence-electron chi connectivity index (χ4n) is 3.24. The van der Waals surface area contributed by atoms with E-state index in [2.05, 4.69) is 16.3 Å². The molecule has 0 bridgehead atoms. The number of nitrogens with zero attached hydrogens (tertiary/aromatic N) is 2. The van der Waals surface area contributed by atoms with Crippen LogP contribution in [-0.4, -0.2) is 32.0 Å². The lowest BCUT2D eigenvalue weighted by atomic mass is 10.1. The van der Waals surface area contributed by atoms with Gasteiger partial charge in [-0.05, 0) is 36.2 Å². The topological polar surface area (TPSA) is 52.7 Å². The van der Waals surface area contributed by atoms with Crippen molar-refractivity contribution in [1.82, 2.24) is 5.32 Å². The van der Waals surface area contributed by atoms with Gasteiger partial charge in [-0.25, -0.2) is 0 Å². The van der Waals surface area contributed by atoms with E-state index in [1.165, 1.54) is 0 Å². The van der Waals surface area contributed by atoms with Gasteiger partial charge in [-0.3, -0.25) is 9.59 Å². The minimum atomic E-state index is -0.0798. The van der Waals surface area contributed by atoms with E-state index in [1.807, 2.05) is 47.4 Å². The number of carbonyl (C=O) groups is 2. The average Bonchev–Trinajstić information content (AvgIpc) is 2.82. The first kappa shape index (κ1) is 17.0. The molecule has 3 rings (SSSR count). The molecule has 0 aliphatic carbocycles. The zero-order valence-electron chi connectivity index (χ0n) is 14.7. The van der Waals surface area contributed by atoms with E-state index in [0.29, 0.717) is 5.56 Å². The fraction of sp³-hybridized carbons (Fsp3) is 0.300. The molecular formula is C20H23N3O2. The van der Waals surface area contributed by atoms with Crippen molar-refractivity contribution in [2.75, 3.05) is 29.9 Å². The van der Waals surface area contributed by atoms with Crippen LogP contribution < -0.4 is 15.1 Å². The van der Waals surface area contributed by atoms with Crippen molar-refractivity contribution in [3.63, 3.8) is 0 Å². The van der Waals surface area contributed by atoms with Gasteiger partial charge in [0, 0.05) is 39.2 Å². The highest BCUT2D eigenvalue weighted by Crippen LogP contribution is 2.33. The highest BCUT2D eigenvalue weighted by Gasteiger charge is 2.22.